The van der Waals surface area contributed by atoms with Crippen molar-refractivity contribution in [3.05, 3.63) is 23.5 Å². The molecule has 0 radical (unpaired) electrons. The van der Waals surface area contributed by atoms with Gasteiger partial charge in [0.2, 0.25) is 0 Å². The summed E-state index contributed by atoms with van der Waals surface area (Å²) in [5.74, 6) is -0.699. The predicted octanol–water partition coefficient (Wildman–Crippen LogP) is 3.15. The van der Waals surface area contributed by atoms with Gasteiger partial charge in [0.25, 0.3) is 5.91 Å². The minimum atomic E-state index is -0.499. The number of pyridine rings is 1. The summed E-state index contributed by atoms with van der Waals surface area (Å²) in [7, 11) is 0. The van der Waals surface area contributed by atoms with Gasteiger partial charge in [-0.2, -0.15) is 5.26 Å². The molecule has 0 saturated heterocycles. The van der Waals surface area contributed by atoms with Gasteiger partial charge in [-0.05, 0) is 50.2 Å². The van der Waals surface area contributed by atoms with Gasteiger partial charge in [0, 0.05) is 19.2 Å². The number of carbonyl (C=O) groups is 2. The van der Waals surface area contributed by atoms with Crippen LogP contribution in [0.5, 0.6) is 5.75 Å². The van der Waals surface area contributed by atoms with E-state index in [4.69, 9.17) is 4.74 Å². The maximum atomic E-state index is 12.7. The van der Waals surface area contributed by atoms with Crippen LogP contribution >= 0.6 is 0 Å². The maximum absolute atomic E-state index is 12.7. The van der Waals surface area contributed by atoms with Gasteiger partial charge in [0.1, 0.15) is 0 Å². The molecule has 1 aromatic rings. The van der Waals surface area contributed by atoms with Crippen LogP contribution in [0.3, 0.4) is 0 Å². The highest BCUT2D eigenvalue weighted by molar-refractivity contribution is 5.96. The minimum Gasteiger partial charge on any atom is -0.424 e. The van der Waals surface area contributed by atoms with Crippen molar-refractivity contribution < 1.29 is 14.3 Å². The molecule has 1 aromatic heterocycles. The lowest BCUT2D eigenvalue weighted by Crippen LogP contribution is -2.46. The molecule has 2 rings (SSSR count). The molecule has 0 aliphatic heterocycles. The van der Waals surface area contributed by atoms with E-state index in [0.717, 1.165) is 12.8 Å². The Morgan fingerprint density at radius 3 is 2.64 bits per heavy atom. The summed E-state index contributed by atoms with van der Waals surface area (Å²) < 4.78 is 5.17. The molecule has 1 fully saturated rings. The fraction of sp³-hybridized carbons (Fsp3) is 0.579. The molecule has 134 valence electrons. The average Bonchev–Trinajstić information content (AvgIpc) is 2.46. The van der Waals surface area contributed by atoms with E-state index >= 15 is 0 Å². The Morgan fingerprint density at radius 1 is 1.36 bits per heavy atom. The third kappa shape index (κ3) is 4.56. The number of ether oxygens (including phenoxy) is 1. The fourth-order valence-electron chi connectivity index (χ4n) is 3.90. The summed E-state index contributed by atoms with van der Waals surface area (Å²) >= 11 is 0. The van der Waals surface area contributed by atoms with Crippen molar-refractivity contribution in [1.82, 2.24) is 10.3 Å². The summed E-state index contributed by atoms with van der Waals surface area (Å²) in [4.78, 5) is 28.1. The number of aromatic nitrogens is 1. The Bertz CT molecular complexity index is 736. The van der Waals surface area contributed by atoms with Gasteiger partial charge < -0.3 is 10.1 Å². The normalized spacial score (nSPS) is 24.9. The highest BCUT2D eigenvalue weighted by Crippen LogP contribution is 2.45. The molecule has 1 saturated carbocycles. The van der Waals surface area contributed by atoms with Crippen molar-refractivity contribution in [1.29, 1.82) is 5.26 Å². The van der Waals surface area contributed by atoms with Crippen LogP contribution in [0.1, 0.15) is 63.0 Å². The summed E-state index contributed by atoms with van der Waals surface area (Å²) in [6.07, 6.45) is 3.68. The van der Waals surface area contributed by atoms with E-state index in [1.54, 1.807) is 13.0 Å². The van der Waals surface area contributed by atoms with Crippen molar-refractivity contribution in [2.24, 2.45) is 10.8 Å². The zero-order valence-electron chi connectivity index (χ0n) is 15.5. The first-order valence-electron chi connectivity index (χ1n) is 8.41. The summed E-state index contributed by atoms with van der Waals surface area (Å²) in [5, 5.41) is 12.5. The van der Waals surface area contributed by atoms with Crippen LogP contribution in [0.25, 0.3) is 0 Å². The number of amides is 1. The number of nitrogens with zero attached hydrogens (tertiary/aromatic N) is 2. The Morgan fingerprint density at radius 2 is 2.04 bits per heavy atom. The second-order valence-corrected chi connectivity index (χ2v) is 7.99. The number of aryl methyl sites for hydroxylation is 1. The van der Waals surface area contributed by atoms with Crippen molar-refractivity contribution >= 4 is 11.9 Å². The Kier molecular flexibility index (Phi) is 5.17. The van der Waals surface area contributed by atoms with Crippen LogP contribution in [-0.4, -0.2) is 22.9 Å². The van der Waals surface area contributed by atoms with Gasteiger partial charge in [-0.25, -0.2) is 4.98 Å². The average molecular weight is 343 g/mol. The van der Waals surface area contributed by atoms with Crippen LogP contribution in [0.4, 0.5) is 0 Å². The second-order valence-electron chi connectivity index (χ2n) is 7.99. The van der Waals surface area contributed by atoms with Crippen molar-refractivity contribution in [3.8, 4) is 11.8 Å². The van der Waals surface area contributed by atoms with Crippen LogP contribution in [0.2, 0.25) is 0 Å². The smallest absolute Gasteiger partial charge is 0.308 e. The molecule has 1 aliphatic carbocycles. The van der Waals surface area contributed by atoms with Crippen LogP contribution in [0, 0.1) is 29.1 Å². The largest absolute Gasteiger partial charge is 0.424 e. The maximum Gasteiger partial charge on any atom is 0.308 e. The fourth-order valence-corrected chi connectivity index (χ4v) is 3.90. The van der Waals surface area contributed by atoms with Gasteiger partial charge in [0.15, 0.2) is 11.4 Å². The summed E-state index contributed by atoms with van der Waals surface area (Å²) in [6.45, 7) is 9.19. The number of nitrogens with one attached hydrogen (secondary N) is 1. The minimum absolute atomic E-state index is 0.0422. The molecule has 0 bridgehead atoms. The molecule has 1 amide bonds. The zero-order chi connectivity index (χ0) is 18.8. The van der Waals surface area contributed by atoms with E-state index in [1.165, 1.54) is 13.1 Å². The quantitative estimate of drug-likeness (QED) is 0.851. The number of hydrogen-bond acceptors (Lipinski definition) is 5. The molecule has 6 nitrogen and oxygen atoms in total. The number of nitriles is 1. The molecule has 1 N–H and O–H groups in total. The molecule has 1 heterocycles. The SMILES string of the molecule is CC(=O)Oc1c(C)ccnc1C(=O)NC1CC(C)(C)CC(C)(C#N)C1. The van der Waals surface area contributed by atoms with E-state index < -0.39 is 11.4 Å². The summed E-state index contributed by atoms with van der Waals surface area (Å²) in [6, 6.07) is 3.94. The lowest BCUT2D eigenvalue weighted by atomic mass is 9.63. The van der Waals surface area contributed by atoms with E-state index in [2.05, 4.69) is 30.2 Å². The van der Waals surface area contributed by atoms with Crippen LogP contribution in [0.15, 0.2) is 12.3 Å². The molecule has 0 spiro atoms. The Hall–Kier alpha value is -2.42. The van der Waals surface area contributed by atoms with Gasteiger partial charge in [0.05, 0.1) is 11.5 Å². The lowest BCUT2D eigenvalue weighted by molar-refractivity contribution is -0.131. The van der Waals surface area contributed by atoms with Crippen molar-refractivity contribution in [3.63, 3.8) is 0 Å². The van der Waals surface area contributed by atoms with Gasteiger partial charge in [-0.3, -0.25) is 9.59 Å². The van der Waals surface area contributed by atoms with Gasteiger partial charge in [-0.15, -0.1) is 0 Å². The summed E-state index contributed by atoms with van der Waals surface area (Å²) in [5.41, 5.74) is 0.246. The molecule has 0 aromatic carbocycles. The lowest BCUT2D eigenvalue weighted by Gasteiger charge is -2.43. The second kappa shape index (κ2) is 6.83. The highest BCUT2D eigenvalue weighted by Gasteiger charge is 2.42. The molecular formula is C19H25N3O3. The molecular weight excluding hydrogens is 318 g/mol. The number of esters is 1. The standard InChI is InChI=1S/C19H25N3O3/c1-12-6-7-21-15(16(12)25-13(2)23)17(24)22-14-8-18(3,4)10-19(5,9-14)11-20/h6-7,14H,8-10H2,1-5H3,(H,22,24). The topological polar surface area (TPSA) is 92.1 Å². The van der Waals surface area contributed by atoms with Crippen molar-refractivity contribution in [2.45, 2.75) is 59.9 Å². The van der Waals surface area contributed by atoms with Gasteiger partial charge >= 0.3 is 5.97 Å². The molecule has 2 atom stereocenters. The zero-order valence-corrected chi connectivity index (χ0v) is 15.5. The first-order valence-corrected chi connectivity index (χ1v) is 8.41. The molecule has 1 aliphatic rings. The molecule has 2 unspecified atom stereocenters. The third-order valence-corrected chi connectivity index (χ3v) is 4.53. The number of rotatable bonds is 3. The first-order chi connectivity index (χ1) is 11.6. The monoisotopic (exact) mass is 343 g/mol. The van der Waals surface area contributed by atoms with Crippen LogP contribution < -0.4 is 10.1 Å². The number of hydrogen-bond donors (Lipinski definition) is 1. The first kappa shape index (κ1) is 18.9. The molecule has 6 heteroatoms. The van der Waals surface area contributed by atoms with Gasteiger partial charge in [-0.1, -0.05) is 13.8 Å². The van der Waals surface area contributed by atoms with E-state index in [0.29, 0.717) is 12.0 Å². The van der Waals surface area contributed by atoms with Crippen molar-refractivity contribution in [2.75, 3.05) is 0 Å². The van der Waals surface area contributed by atoms with E-state index in [9.17, 15) is 14.9 Å². The Labute approximate surface area is 148 Å². The van der Waals surface area contributed by atoms with E-state index in [-0.39, 0.29) is 28.8 Å². The van der Waals surface area contributed by atoms with Crippen LogP contribution in [-0.2, 0) is 4.79 Å². The Balaban J connectivity index is 2.24. The number of carbonyl (C=O) groups excluding carboxylic acids is 2. The molecule has 25 heavy (non-hydrogen) atoms. The predicted molar refractivity (Wildman–Crippen MR) is 92.9 cm³/mol. The van der Waals surface area contributed by atoms with E-state index in [1.807, 2.05) is 6.92 Å². The third-order valence-electron chi connectivity index (χ3n) is 4.53. The highest BCUT2D eigenvalue weighted by atomic mass is 16.5.